The van der Waals surface area contributed by atoms with E-state index in [0.717, 1.165) is 0 Å². The zero-order valence-electron chi connectivity index (χ0n) is 2.28. The molecule has 3 N–H and O–H groups in total. The summed E-state index contributed by atoms with van der Waals surface area (Å²) in [5, 5.41) is 0. The second-order valence-corrected chi connectivity index (χ2v) is 0. The van der Waals surface area contributed by atoms with Crippen LogP contribution in [0.15, 0.2) is 0 Å². The molecule has 0 aromatic rings. The second kappa shape index (κ2) is 131000. The molecule has 6 heavy (non-hydrogen) atoms. The van der Waals surface area contributed by atoms with E-state index < -0.39 is 0 Å². The van der Waals surface area contributed by atoms with E-state index in [2.05, 4.69) is 7.85 Å². The molecule has 0 spiro atoms. The Labute approximate surface area is 44.1 Å². The molecule has 0 aliphatic rings. The summed E-state index contributed by atoms with van der Waals surface area (Å²) < 4.78 is 0. The van der Waals surface area contributed by atoms with Crippen molar-refractivity contribution in [3.05, 3.63) is 0 Å². The van der Waals surface area contributed by atoms with Crippen LogP contribution in [0.5, 0.6) is 0 Å². The summed E-state index contributed by atoms with van der Waals surface area (Å²) in [5.41, 5.74) is 0. The van der Waals surface area contributed by atoms with E-state index in [4.69, 9.17) is 0 Å². The van der Waals surface area contributed by atoms with Crippen molar-refractivity contribution in [2.24, 2.45) is 0 Å². The predicted octanol–water partition coefficient (Wildman–Crippen LogP) is 2.27. The molecular formula is C4H18BN. The van der Waals surface area contributed by atoms with Gasteiger partial charge in [-0.3, -0.25) is 0 Å². The van der Waals surface area contributed by atoms with Crippen molar-refractivity contribution in [2.75, 3.05) is 0 Å². The van der Waals surface area contributed by atoms with Crippen molar-refractivity contribution in [2.45, 2.75) is 29.1 Å². The maximum atomic E-state index is 4.50. The highest BCUT2D eigenvalue weighted by Gasteiger charge is 0.984. The molecule has 0 aromatic carbocycles. The van der Waals surface area contributed by atoms with Gasteiger partial charge in [0.25, 0.3) is 0 Å². The van der Waals surface area contributed by atoms with Gasteiger partial charge in [0, 0.05) is 0 Å². The fraction of sp³-hybridized carbons (Fsp3) is 1.00. The molecule has 0 amide bonds. The van der Waals surface area contributed by atoms with Crippen LogP contribution in [-0.4, -0.2) is 7.85 Å². The average Bonchev–Trinajstić information content (AvgIpc) is 1.00. The molecule has 42 valence electrons. The molecule has 0 bridgehead atoms. The minimum atomic E-state index is 0. The maximum absolute atomic E-state index is 4.50. The molecule has 0 saturated carbocycles. The summed E-state index contributed by atoms with van der Waals surface area (Å²) in [5.74, 6) is 0. The smallest absolute Gasteiger partial charge is 0.0606 e. The Hall–Kier alpha value is 0.0249. The van der Waals surface area contributed by atoms with E-state index >= 15 is 0 Å². The SMILES string of the molecule is C.C.C.N.[B]C. The Balaban J connectivity index is -0.000000000833. The van der Waals surface area contributed by atoms with E-state index in [-0.39, 0.29) is 28.4 Å². The zero-order valence-corrected chi connectivity index (χ0v) is 2.28. The highest BCUT2D eigenvalue weighted by molar-refractivity contribution is 6.05. The quantitative estimate of drug-likeness (QED) is 0.456. The zero-order chi connectivity index (χ0) is 2.00. The lowest BCUT2D eigenvalue weighted by Crippen LogP contribution is -1.13. The highest BCUT2D eigenvalue weighted by Crippen LogP contribution is 0.960. The monoisotopic (exact) mass is 91.2 g/mol. The minimum Gasteiger partial charge on any atom is -0.344 e. The maximum Gasteiger partial charge on any atom is 0.0606 e. The normalized spacial score (nSPS) is 0.833. The van der Waals surface area contributed by atoms with Gasteiger partial charge in [0.15, 0.2) is 0 Å². The van der Waals surface area contributed by atoms with Crippen molar-refractivity contribution in [3.63, 3.8) is 0 Å². The van der Waals surface area contributed by atoms with Crippen LogP contribution in [0.1, 0.15) is 22.3 Å². The average molecular weight is 91.0 g/mol. The summed E-state index contributed by atoms with van der Waals surface area (Å²) in [6.07, 6.45) is 0. The minimum absolute atomic E-state index is 0. The van der Waals surface area contributed by atoms with Crippen LogP contribution < -0.4 is 6.15 Å². The molecule has 2 radical (unpaired) electrons. The predicted molar refractivity (Wildman–Crippen MR) is 36.8 cm³/mol. The van der Waals surface area contributed by atoms with Crippen molar-refractivity contribution in [1.29, 1.82) is 0 Å². The molecule has 0 heterocycles. The third kappa shape index (κ3) is 59200. The van der Waals surface area contributed by atoms with Crippen molar-refractivity contribution >= 4 is 7.85 Å². The molecule has 2 heteroatoms. The molecule has 0 atom stereocenters. The van der Waals surface area contributed by atoms with Crippen molar-refractivity contribution < 1.29 is 0 Å². The van der Waals surface area contributed by atoms with Gasteiger partial charge in [0.1, 0.15) is 0 Å². The Morgan fingerprint density at radius 3 is 0.833 bits per heavy atom. The molecule has 0 saturated heterocycles. The molecule has 0 aliphatic carbocycles. The lowest BCUT2D eigenvalue weighted by Gasteiger charge is -1.02. The fourth-order valence-electron chi connectivity index (χ4n) is 0. The number of hydrogen-bond donors (Lipinski definition) is 1. The third-order valence-electron chi connectivity index (χ3n) is 0. The van der Waals surface area contributed by atoms with Crippen molar-refractivity contribution in [1.82, 2.24) is 6.15 Å². The first kappa shape index (κ1) is 145. The van der Waals surface area contributed by atoms with Crippen LogP contribution >= 0.6 is 0 Å². The van der Waals surface area contributed by atoms with Gasteiger partial charge in [-0.25, -0.2) is 0 Å². The van der Waals surface area contributed by atoms with Crippen LogP contribution in [0.3, 0.4) is 0 Å². The molecule has 0 aliphatic heterocycles. The third-order valence-corrected chi connectivity index (χ3v) is 0. The van der Waals surface area contributed by atoms with Gasteiger partial charge >= 0.3 is 0 Å². The molecular weight excluding hydrogens is 72.9 g/mol. The van der Waals surface area contributed by atoms with Crippen LogP contribution in [0.25, 0.3) is 0 Å². The summed E-state index contributed by atoms with van der Waals surface area (Å²) in [6, 6.07) is 0. The lowest BCUT2D eigenvalue weighted by molar-refractivity contribution is 2.13. The summed E-state index contributed by atoms with van der Waals surface area (Å²) in [6.45, 7) is 1.50. The standard InChI is InChI=1S/CH3B.3CH4.H3N/c1-2;;;;/h1H3;3*1H4;1H3. The first-order chi connectivity index (χ1) is 1.00. The van der Waals surface area contributed by atoms with E-state index in [0.29, 0.717) is 0 Å². The largest absolute Gasteiger partial charge is 0.344 e. The van der Waals surface area contributed by atoms with Gasteiger partial charge < -0.3 is 6.15 Å². The Morgan fingerprint density at radius 2 is 0.833 bits per heavy atom. The van der Waals surface area contributed by atoms with Gasteiger partial charge in [-0.15, -0.1) is 0 Å². The summed E-state index contributed by atoms with van der Waals surface area (Å²) in [7, 11) is 4.50. The first-order valence-electron chi connectivity index (χ1n) is 0.577. The van der Waals surface area contributed by atoms with Crippen LogP contribution in [0.4, 0.5) is 0 Å². The molecule has 0 fully saturated rings. The van der Waals surface area contributed by atoms with Gasteiger partial charge in [-0.05, 0) is 0 Å². The van der Waals surface area contributed by atoms with E-state index in [1.165, 1.54) is 6.82 Å². The number of hydrogen-bond acceptors (Lipinski definition) is 1. The van der Waals surface area contributed by atoms with Gasteiger partial charge in [-0.2, -0.15) is 0 Å². The van der Waals surface area contributed by atoms with E-state index in [1.807, 2.05) is 0 Å². The van der Waals surface area contributed by atoms with Crippen LogP contribution in [0, 0.1) is 0 Å². The first-order valence-corrected chi connectivity index (χ1v) is 0.577. The van der Waals surface area contributed by atoms with Crippen LogP contribution in [-0.2, 0) is 0 Å². The Morgan fingerprint density at radius 1 is 0.833 bits per heavy atom. The van der Waals surface area contributed by atoms with Gasteiger partial charge in [-0.1, -0.05) is 29.1 Å². The van der Waals surface area contributed by atoms with Gasteiger partial charge in [0.05, 0.1) is 7.85 Å². The molecule has 1 nitrogen and oxygen atoms in total. The van der Waals surface area contributed by atoms with Gasteiger partial charge in [0.2, 0.25) is 0 Å². The summed E-state index contributed by atoms with van der Waals surface area (Å²) >= 11 is 0. The highest BCUT2D eigenvalue weighted by atomic mass is 14.0. The molecule has 0 aromatic heterocycles. The fourth-order valence-corrected chi connectivity index (χ4v) is 0. The topological polar surface area (TPSA) is 35.0 Å². The van der Waals surface area contributed by atoms with E-state index in [1.54, 1.807) is 0 Å². The van der Waals surface area contributed by atoms with Crippen LogP contribution in [0.2, 0.25) is 6.82 Å². The summed E-state index contributed by atoms with van der Waals surface area (Å²) in [4.78, 5) is 0. The Kier molecular flexibility index (Phi) is 3160000. The number of rotatable bonds is 0. The van der Waals surface area contributed by atoms with E-state index in [9.17, 15) is 0 Å². The Bertz CT molecular complexity index is 7.51. The lowest BCUT2D eigenvalue weighted by atomic mass is 10.2. The van der Waals surface area contributed by atoms with Crippen molar-refractivity contribution in [3.8, 4) is 0 Å². The molecule has 0 unspecified atom stereocenters. The second-order valence-electron chi connectivity index (χ2n) is 0. The molecule has 0 rings (SSSR count).